The molecule has 5 rings (SSSR count). The van der Waals surface area contributed by atoms with E-state index in [9.17, 15) is 0 Å². The fourth-order valence-corrected chi connectivity index (χ4v) is 4.66. The molecule has 2 aromatic heterocycles. The van der Waals surface area contributed by atoms with Crippen molar-refractivity contribution in [2.24, 2.45) is 5.92 Å². The van der Waals surface area contributed by atoms with Gasteiger partial charge in [-0.05, 0) is 50.3 Å². The molecule has 0 amide bonds. The summed E-state index contributed by atoms with van der Waals surface area (Å²) < 4.78 is 12.1. The molecule has 0 saturated carbocycles. The van der Waals surface area contributed by atoms with Crippen molar-refractivity contribution in [1.82, 2.24) is 19.9 Å². The molecule has 2 aliphatic heterocycles. The van der Waals surface area contributed by atoms with Gasteiger partial charge in [0, 0.05) is 25.8 Å². The van der Waals surface area contributed by atoms with Gasteiger partial charge in [0.05, 0.1) is 25.5 Å². The third kappa shape index (κ3) is 5.72. The van der Waals surface area contributed by atoms with E-state index in [1.807, 2.05) is 37.3 Å². The first-order chi connectivity index (χ1) is 17.2. The summed E-state index contributed by atoms with van der Waals surface area (Å²) in [5.41, 5.74) is 0. The number of nitrogens with one attached hydrogen (secondary N) is 1. The summed E-state index contributed by atoms with van der Waals surface area (Å²) in [5.74, 6) is 5.16. The number of rotatable bonds is 8. The van der Waals surface area contributed by atoms with Crippen LogP contribution >= 0.6 is 0 Å². The van der Waals surface area contributed by atoms with Crippen molar-refractivity contribution in [1.29, 1.82) is 0 Å². The molecule has 9 heteroatoms. The number of hydrogen-bond acceptors (Lipinski definition) is 9. The van der Waals surface area contributed by atoms with Gasteiger partial charge in [-0.1, -0.05) is 19.1 Å². The number of para-hydroxylation sites is 2. The van der Waals surface area contributed by atoms with Crippen LogP contribution in [0.1, 0.15) is 33.1 Å². The lowest BCUT2D eigenvalue weighted by atomic mass is 10.1. The van der Waals surface area contributed by atoms with Crippen LogP contribution in [0.3, 0.4) is 0 Å². The minimum atomic E-state index is 0.0478. The van der Waals surface area contributed by atoms with Gasteiger partial charge >= 0.3 is 0 Å². The Balaban J connectivity index is 1.25. The minimum Gasteiger partial charge on any atom is -0.490 e. The van der Waals surface area contributed by atoms with Gasteiger partial charge < -0.3 is 24.6 Å². The average molecular weight is 476 g/mol. The van der Waals surface area contributed by atoms with Crippen molar-refractivity contribution < 1.29 is 9.47 Å². The molecule has 1 aromatic carbocycles. The Morgan fingerprint density at radius 1 is 0.971 bits per heavy atom. The SMILES string of the molecule is CCOc1ccccc1O[C@@H]1CCCN(c2cncc(Nc3nccc(N4CCC(C)C4)n3)n2)C1. The number of anilines is 4. The molecule has 1 unspecified atom stereocenters. The predicted molar refractivity (Wildman–Crippen MR) is 137 cm³/mol. The molecule has 0 bridgehead atoms. The molecule has 3 aromatic rings. The van der Waals surface area contributed by atoms with Crippen molar-refractivity contribution in [3.05, 3.63) is 48.9 Å². The molecule has 0 spiro atoms. The van der Waals surface area contributed by atoms with E-state index in [4.69, 9.17) is 19.4 Å². The van der Waals surface area contributed by atoms with E-state index in [0.29, 0.717) is 24.3 Å². The first kappa shape index (κ1) is 23.1. The highest BCUT2D eigenvalue weighted by molar-refractivity contribution is 5.53. The highest BCUT2D eigenvalue weighted by Crippen LogP contribution is 2.30. The lowest BCUT2D eigenvalue weighted by molar-refractivity contribution is 0.170. The first-order valence-corrected chi connectivity index (χ1v) is 12.5. The molecular formula is C26H33N7O2. The van der Waals surface area contributed by atoms with Crippen molar-refractivity contribution in [3.8, 4) is 11.5 Å². The summed E-state index contributed by atoms with van der Waals surface area (Å²) in [4.78, 5) is 22.8. The maximum Gasteiger partial charge on any atom is 0.230 e. The smallest absolute Gasteiger partial charge is 0.230 e. The second-order valence-electron chi connectivity index (χ2n) is 9.17. The molecule has 2 aliphatic rings. The zero-order valence-corrected chi connectivity index (χ0v) is 20.4. The average Bonchev–Trinajstić information content (AvgIpc) is 3.32. The zero-order chi connectivity index (χ0) is 24.0. The van der Waals surface area contributed by atoms with E-state index in [1.54, 1.807) is 18.6 Å². The number of nitrogens with zero attached hydrogens (tertiary/aromatic N) is 6. The number of hydrogen-bond donors (Lipinski definition) is 1. The molecular weight excluding hydrogens is 442 g/mol. The van der Waals surface area contributed by atoms with Crippen LogP contribution in [0.2, 0.25) is 0 Å². The van der Waals surface area contributed by atoms with Crippen molar-refractivity contribution in [2.75, 3.05) is 47.9 Å². The third-order valence-electron chi connectivity index (χ3n) is 6.40. The van der Waals surface area contributed by atoms with Gasteiger partial charge in [0.2, 0.25) is 5.95 Å². The Labute approximate surface area is 206 Å². The second kappa shape index (κ2) is 10.8. The van der Waals surface area contributed by atoms with Gasteiger partial charge in [-0.2, -0.15) is 4.98 Å². The zero-order valence-electron chi connectivity index (χ0n) is 20.4. The summed E-state index contributed by atoms with van der Waals surface area (Å²) in [6, 6.07) is 9.81. The van der Waals surface area contributed by atoms with E-state index in [2.05, 4.69) is 32.0 Å². The quantitative estimate of drug-likeness (QED) is 0.512. The molecule has 0 radical (unpaired) electrons. The highest BCUT2D eigenvalue weighted by Gasteiger charge is 2.24. The first-order valence-electron chi connectivity index (χ1n) is 12.5. The highest BCUT2D eigenvalue weighted by atomic mass is 16.5. The van der Waals surface area contributed by atoms with Gasteiger partial charge in [-0.3, -0.25) is 4.98 Å². The van der Waals surface area contributed by atoms with Crippen molar-refractivity contribution in [3.63, 3.8) is 0 Å². The van der Waals surface area contributed by atoms with Gasteiger partial charge in [0.25, 0.3) is 0 Å². The lowest BCUT2D eigenvalue weighted by Gasteiger charge is -2.33. The van der Waals surface area contributed by atoms with Crippen LogP contribution in [0.15, 0.2) is 48.9 Å². The normalized spacial score (nSPS) is 20.1. The summed E-state index contributed by atoms with van der Waals surface area (Å²) in [7, 11) is 0. The van der Waals surface area contributed by atoms with Crippen molar-refractivity contribution >= 4 is 23.4 Å². The summed E-state index contributed by atoms with van der Waals surface area (Å²) in [6.07, 6.45) is 8.53. The maximum absolute atomic E-state index is 6.33. The third-order valence-corrected chi connectivity index (χ3v) is 6.40. The van der Waals surface area contributed by atoms with E-state index in [0.717, 1.165) is 62.2 Å². The topological polar surface area (TPSA) is 88.5 Å². The molecule has 2 atom stereocenters. The van der Waals surface area contributed by atoms with Crippen LogP contribution in [0.4, 0.5) is 23.4 Å². The van der Waals surface area contributed by atoms with E-state index >= 15 is 0 Å². The summed E-state index contributed by atoms with van der Waals surface area (Å²) in [5, 5.41) is 3.23. The van der Waals surface area contributed by atoms with Crippen LogP contribution in [0.25, 0.3) is 0 Å². The Bertz CT molecular complexity index is 1130. The summed E-state index contributed by atoms with van der Waals surface area (Å²) >= 11 is 0. The van der Waals surface area contributed by atoms with Crippen LogP contribution in [0, 0.1) is 5.92 Å². The number of ether oxygens (including phenoxy) is 2. The summed E-state index contributed by atoms with van der Waals surface area (Å²) in [6.45, 7) is 8.56. The molecule has 184 valence electrons. The molecule has 9 nitrogen and oxygen atoms in total. The minimum absolute atomic E-state index is 0.0478. The maximum atomic E-state index is 6.33. The van der Waals surface area contributed by atoms with Gasteiger partial charge in [0.1, 0.15) is 17.7 Å². The Hall–Kier alpha value is -3.62. The van der Waals surface area contributed by atoms with Crippen LogP contribution in [-0.4, -0.2) is 58.8 Å². The second-order valence-corrected chi connectivity index (χ2v) is 9.17. The van der Waals surface area contributed by atoms with E-state index in [1.165, 1.54) is 6.42 Å². The molecule has 35 heavy (non-hydrogen) atoms. The van der Waals surface area contributed by atoms with Crippen molar-refractivity contribution in [2.45, 2.75) is 39.2 Å². The molecule has 1 N–H and O–H groups in total. The van der Waals surface area contributed by atoms with Gasteiger partial charge in [0.15, 0.2) is 17.3 Å². The largest absolute Gasteiger partial charge is 0.490 e. The lowest BCUT2D eigenvalue weighted by Crippen LogP contribution is -2.41. The van der Waals surface area contributed by atoms with Crippen LogP contribution in [-0.2, 0) is 0 Å². The predicted octanol–water partition coefficient (Wildman–Crippen LogP) is 4.30. The monoisotopic (exact) mass is 475 g/mol. The number of aromatic nitrogens is 4. The fourth-order valence-electron chi connectivity index (χ4n) is 4.66. The Morgan fingerprint density at radius 2 is 1.83 bits per heavy atom. The van der Waals surface area contributed by atoms with Gasteiger partial charge in [-0.25, -0.2) is 9.97 Å². The van der Waals surface area contributed by atoms with Crippen LogP contribution in [0.5, 0.6) is 11.5 Å². The molecule has 0 aliphatic carbocycles. The molecule has 2 saturated heterocycles. The molecule has 2 fully saturated rings. The van der Waals surface area contributed by atoms with Gasteiger partial charge in [-0.15, -0.1) is 0 Å². The number of piperidine rings is 1. The Kier molecular flexibility index (Phi) is 7.11. The number of benzene rings is 1. The van der Waals surface area contributed by atoms with E-state index in [-0.39, 0.29) is 6.10 Å². The Morgan fingerprint density at radius 3 is 2.66 bits per heavy atom. The molecule has 4 heterocycles. The van der Waals surface area contributed by atoms with Crippen LogP contribution < -0.4 is 24.6 Å². The standard InChI is InChI=1S/C26H33N7O2/c1-3-34-21-8-4-5-9-22(21)35-20-7-6-13-32(18-20)25-16-27-15-23(29-25)30-26-28-12-10-24(31-26)33-14-11-19(2)17-33/h4-5,8-10,12,15-16,19-20H,3,6-7,11,13-14,17-18H2,1-2H3,(H,28,29,30,31)/t19?,20-/m1/s1. The fraction of sp³-hybridized carbons (Fsp3) is 0.462. The van der Waals surface area contributed by atoms with E-state index < -0.39 is 0 Å².